The van der Waals surface area contributed by atoms with Crippen molar-refractivity contribution in [3.63, 3.8) is 0 Å². The van der Waals surface area contributed by atoms with E-state index in [1.165, 1.54) is 0 Å². The van der Waals surface area contributed by atoms with Gasteiger partial charge in [0.15, 0.2) is 0 Å². The minimum atomic E-state index is 0.0631. The van der Waals surface area contributed by atoms with Gasteiger partial charge in [0.1, 0.15) is 0 Å². The van der Waals surface area contributed by atoms with Crippen LogP contribution in [0.15, 0.2) is 0 Å². The van der Waals surface area contributed by atoms with Crippen molar-refractivity contribution in [1.82, 2.24) is 10.2 Å². The van der Waals surface area contributed by atoms with E-state index < -0.39 is 0 Å². The van der Waals surface area contributed by atoms with Crippen LogP contribution in [0.4, 0.5) is 0 Å². The molecule has 2 unspecified atom stereocenters. The Morgan fingerprint density at radius 1 is 1.70 bits per heavy atom. The maximum absolute atomic E-state index is 10.5. The standard InChI is InChI=1S/C7H14N2O/c1-5(2)9-4-7(9)8-6(3)10/h5,7H,4H2,1-3H3,(H,8,10). The molecule has 0 aromatic heterocycles. The predicted molar refractivity (Wildman–Crippen MR) is 39.4 cm³/mol. The Hall–Kier alpha value is -0.570. The topological polar surface area (TPSA) is 32.1 Å². The largest absolute Gasteiger partial charge is 0.339 e. The Morgan fingerprint density at radius 3 is 2.60 bits per heavy atom. The average Bonchev–Trinajstić information content (AvgIpc) is 2.43. The van der Waals surface area contributed by atoms with Crippen molar-refractivity contribution in [2.45, 2.75) is 33.0 Å². The number of amides is 1. The molecule has 1 aliphatic rings. The van der Waals surface area contributed by atoms with Gasteiger partial charge < -0.3 is 5.32 Å². The van der Waals surface area contributed by atoms with E-state index in [9.17, 15) is 4.79 Å². The normalized spacial score (nSPS) is 30.4. The van der Waals surface area contributed by atoms with Gasteiger partial charge in [-0.1, -0.05) is 0 Å². The van der Waals surface area contributed by atoms with Crippen molar-refractivity contribution >= 4 is 5.91 Å². The summed E-state index contributed by atoms with van der Waals surface area (Å²) in [6.07, 6.45) is 0.317. The monoisotopic (exact) mass is 142 g/mol. The van der Waals surface area contributed by atoms with Gasteiger partial charge >= 0.3 is 0 Å². The summed E-state index contributed by atoms with van der Waals surface area (Å²) in [5, 5.41) is 2.84. The molecule has 3 nitrogen and oxygen atoms in total. The van der Waals surface area contributed by atoms with E-state index in [1.54, 1.807) is 6.92 Å². The second-order valence-electron chi connectivity index (χ2n) is 3.01. The minimum absolute atomic E-state index is 0.0631. The summed E-state index contributed by atoms with van der Waals surface area (Å²) in [7, 11) is 0. The molecular formula is C7H14N2O. The molecule has 1 saturated heterocycles. The average molecular weight is 142 g/mol. The van der Waals surface area contributed by atoms with Crippen molar-refractivity contribution in [2.75, 3.05) is 6.54 Å². The van der Waals surface area contributed by atoms with Gasteiger partial charge in [-0.2, -0.15) is 0 Å². The zero-order chi connectivity index (χ0) is 7.72. The predicted octanol–water partition coefficient (Wildman–Crippen LogP) is 0.173. The third kappa shape index (κ3) is 1.70. The van der Waals surface area contributed by atoms with Crippen LogP contribution in [0.3, 0.4) is 0 Å². The molecule has 0 bridgehead atoms. The molecule has 10 heavy (non-hydrogen) atoms. The van der Waals surface area contributed by atoms with Crippen LogP contribution in [0.1, 0.15) is 20.8 Å². The lowest BCUT2D eigenvalue weighted by atomic mass is 10.4. The lowest BCUT2D eigenvalue weighted by Crippen LogP contribution is -2.28. The first kappa shape index (κ1) is 7.54. The highest BCUT2D eigenvalue weighted by molar-refractivity contribution is 5.73. The molecule has 0 saturated carbocycles. The first-order valence-electron chi connectivity index (χ1n) is 3.64. The summed E-state index contributed by atoms with van der Waals surface area (Å²) < 4.78 is 0. The lowest BCUT2D eigenvalue weighted by molar-refractivity contribution is -0.119. The van der Waals surface area contributed by atoms with Crippen LogP contribution in [-0.2, 0) is 4.79 Å². The van der Waals surface area contributed by atoms with Crippen LogP contribution in [0.5, 0.6) is 0 Å². The fourth-order valence-corrected chi connectivity index (χ4v) is 1.09. The molecule has 1 heterocycles. The van der Waals surface area contributed by atoms with Crippen molar-refractivity contribution in [1.29, 1.82) is 0 Å². The molecule has 1 N–H and O–H groups in total. The number of rotatable bonds is 2. The molecule has 0 radical (unpaired) electrons. The van der Waals surface area contributed by atoms with E-state index in [2.05, 4.69) is 24.1 Å². The smallest absolute Gasteiger partial charge is 0.218 e. The zero-order valence-electron chi connectivity index (χ0n) is 6.72. The fraction of sp³-hybridized carbons (Fsp3) is 0.857. The van der Waals surface area contributed by atoms with E-state index in [-0.39, 0.29) is 5.91 Å². The van der Waals surface area contributed by atoms with Gasteiger partial charge in [-0.25, -0.2) is 0 Å². The Kier molecular flexibility index (Phi) is 1.94. The van der Waals surface area contributed by atoms with Crippen LogP contribution in [0, 0.1) is 0 Å². The molecule has 1 rings (SSSR count). The van der Waals surface area contributed by atoms with Crippen LogP contribution in [0.2, 0.25) is 0 Å². The molecule has 0 aromatic rings. The molecule has 58 valence electrons. The van der Waals surface area contributed by atoms with E-state index in [0.717, 1.165) is 6.54 Å². The van der Waals surface area contributed by atoms with Crippen LogP contribution in [0.25, 0.3) is 0 Å². The molecule has 2 atom stereocenters. The summed E-state index contributed by atoms with van der Waals surface area (Å²) in [4.78, 5) is 12.7. The van der Waals surface area contributed by atoms with Gasteiger partial charge in [0.25, 0.3) is 0 Å². The second-order valence-corrected chi connectivity index (χ2v) is 3.01. The number of hydrogen-bond acceptors (Lipinski definition) is 2. The highest BCUT2D eigenvalue weighted by Gasteiger charge is 2.36. The minimum Gasteiger partial charge on any atom is -0.339 e. The number of nitrogens with one attached hydrogen (secondary N) is 1. The van der Waals surface area contributed by atoms with Crippen LogP contribution < -0.4 is 5.32 Å². The van der Waals surface area contributed by atoms with E-state index in [4.69, 9.17) is 0 Å². The second kappa shape index (κ2) is 2.58. The van der Waals surface area contributed by atoms with Crippen molar-refractivity contribution in [2.24, 2.45) is 0 Å². The molecule has 1 aliphatic heterocycles. The van der Waals surface area contributed by atoms with Gasteiger partial charge in [-0.15, -0.1) is 0 Å². The molecule has 1 amide bonds. The van der Waals surface area contributed by atoms with Crippen molar-refractivity contribution in [3.05, 3.63) is 0 Å². The highest BCUT2D eigenvalue weighted by Crippen LogP contribution is 2.17. The molecular weight excluding hydrogens is 128 g/mol. The van der Waals surface area contributed by atoms with E-state index >= 15 is 0 Å². The Labute approximate surface area is 61.4 Å². The van der Waals surface area contributed by atoms with Gasteiger partial charge in [-0.3, -0.25) is 9.69 Å². The number of carbonyl (C=O) groups is 1. The summed E-state index contributed by atoms with van der Waals surface area (Å²) in [5.74, 6) is 0.0631. The lowest BCUT2D eigenvalue weighted by Gasteiger charge is -2.06. The van der Waals surface area contributed by atoms with Gasteiger partial charge in [-0.05, 0) is 13.8 Å². The summed E-state index contributed by atoms with van der Waals surface area (Å²) >= 11 is 0. The van der Waals surface area contributed by atoms with Crippen LogP contribution in [-0.4, -0.2) is 29.6 Å². The third-order valence-electron chi connectivity index (χ3n) is 1.68. The quantitative estimate of drug-likeness (QED) is 0.557. The van der Waals surface area contributed by atoms with Gasteiger partial charge in [0.05, 0.1) is 6.17 Å². The summed E-state index contributed by atoms with van der Waals surface area (Å²) in [5.41, 5.74) is 0. The van der Waals surface area contributed by atoms with Crippen LogP contribution >= 0.6 is 0 Å². The first-order valence-corrected chi connectivity index (χ1v) is 3.64. The van der Waals surface area contributed by atoms with E-state index in [0.29, 0.717) is 12.2 Å². The summed E-state index contributed by atoms with van der Waals surface area (Å²) in [6.45, 7) is 6.82. The maximum Gasteiger partial charge on any atom is 0.218 e. The van der Waals surface area contributed by atoms with E-state index in [1.807, 2.05) is 0 Å². The number of nitrogens with zero attached hydrogens (tertiary/aromatic N) is 1. The fourth-order valence-electron chi connectivity index (χ4n) is 1.09. The van der Waals surface area contributed by atoms with Gasteiger partial charge in [0.2, 0.25) is 5.91 Å². The number of hydrogen-bond donors (Lipinski definition) is 1. The molecule has 1 fully saturated rings. The molecule has 0 aromatic carbocycles. The molecule has 0 aliphatic carbocycles. The summed E-state index contributed by atoms with van der Waals surface area (Å²) in [6, 6.07) is 0.553. The maximum atomic E-state index is 10.5. The first-order chi connectivity index (χ1) is 4.61. The Balaban J connectivity index is 2.19. The van der Waals surface area contributed by atoms with Crippen molar-refractivity contribution < 1.29 is 4.79 Å². The SMILES string of the molecule is CC(=O)NC1CN1C(C)C. The molecule has 0 spiro atoms. The van der Waals surface area contributed by atoms with Crippen molar-refractivity contribution in [3.8, 4) is 0 Å². The molecule has 3 heteroatoms. The highest BCUT2D eigenvalue weighted by atomic mass is 16.1. The number of carbonyl (C=O) groups excluding carboxylic acids is 1. The zero-order valence-corrected chi connectivity index (χ0v) is 6.72. The van der Waals surface area contributed by atoms with Gasteiger partial charge in [0, 0.05) is 19.5 Å². The Bertz CT molecular complexity index is 145. The Morgan fingerprint density at radius 2 is 2.30 bits per heavy atom. The third-order valence-corrected chi connectivity index (χ3v) is 1.68.